The van der Waals surface area contributed by atoms with Gasteiger partial charge in [-0.1, -0.05) is 19.3 Å². The Balaban J connectivity index is 1.93. The Bertz CT molecular complexity index is 254. The second kappa shape index (κ2) is 6.24. The smallest absolute Gasteiger partial charge is 0.208 e. The average molecular weight is 238 g/mol. The number of hydrogen-bond acceptors (Lipinski definition) is 2. The Hall–Kier alpha value is -0.770. The van der Waals surface area contributed by atoms with Crippen molar-refractivity contribution >= 4 is 5.96 Å². The summed E-state index contributed by atoms with van der Waals surface area (Å²) in [5.41, 5.74) is 2.81. The second-order valence-electron chi connectivity index (χ2n) is 5.37. The van der Waals surface area contributed by atoms with Gasteiger partial charge < -0.3 is 4.90 Å². The molecule has 0 aliphatic heterocycles. The van der Waals surface area contributed by atoms with Crippen molar-refractivity contribution in [1.29, 1.82) is 0 Å². The van der Waals surface area contributed by atoms with Crippen molar-refractivity contribution in [3.8, 4) is 0 Å². The molecule has 0 radical (unpaired) electrons. The van der Waals surface area contributed by atoms with Crippen LogP contribution in [0.25, 0.3) is 0 Å². The summed E-state index contributed by atoms with van der Waals surface area (Å²) >= 11 is 0. The molecule has 2 fully saturated rings. The van der Waals surface area contributed by atoms with Gasteiger partial charge in [0.1, 0.15) is 0 Å². The number of rotatable bonds is 4. The number of aliphatic imine (C=N–C) groups is 1. The average Bonchev–Trinajstić information content (AvgIpc) is 3.18. The van der Waals surface area contributed by atoms with E-state index in [1.54, 1.807) is 0 Å². The van der Waals surface area contributed by atoms with Crippen LogP contribution >= 0.6 is 0 Å². The number of nitrogens with two attached hydrogens (primary N) is 1. The van der Waals surface area contributed by atoms with Gasteiger partial charge >= 0.3 is 0 Å². The predicted molar refractivity (Wildman–Crippen MR) is 71.6 cm³/mol. The standard InChI is InChI=1S/C13H26N4/c1-2-17(10-11-8-9-11)13(16-14)15-12-6-4-3-5-7-12/h11-12H,2-10,14H2,1H3,(H,15,16). The van der Waals surface area contributed by atoms with Gasteiger partial charge in [0.05, 0.1) is 6.04 Å². The largest absolute Gasteiger partial charge is 0.342 e. The number of hydrazine groups is 1. The molecule has 0 atom stereocenters. The lowest BCUT2D eigenvalue weighted by Crippen LogP contribution is -2.46. The Morgan fingerprint density at radius 1 is 1.24 bits per heavy atom. The Morgan fingerprint density at radius 3 is 2.47 bits per heavy atom. The van der Waals surface area contributed by atoms with Crippen molar-refractivity contribution in [2.24, 2.45) is 16.8 Å². The Labute approximate surface area is 105 Å². The van der Waals surface area contributed by atoms with Crippen LogP contribution in [0.3, 0.4) is 0 Å². The van der Waals surface area contributed by atoms with Crippen LogP contribution in [-0.2, 0) is 0 Å². The van der Waals surface area contributed by atoms with Crippen molar-refractivity contribution in [3.63, 3.8) is 0 Å². The molecule has 98 valence electrons. The minimum Gasteiger partial charge on any atom is -0.342 e. The van der Waals surface area contributed by atoms with E-state index in [9.17, 15) is 0 Å². The fourth-order valence-corrected chi connectivity index (χ4v) is 2.57. The van der Waals surface area contributed by atoms with Gasteiger partial charge in [0, 0.05) is 13.1 Å². The van der Waals surface area contributed by atoms with E-state index in [-0.39, 0.29) is 0 Å². The van der Waals surface area contributed by atoms with E-state index in [4.69, 9.17) is 10.8 Å². The van der Waals surface area contributed by atoms with Crippen molar-refractivity contribution in [1.82, 2.24) is 10.3 Å². The first kappa shape index (κ1) is 12.7. The van der Waals surface area contributed by atoms with E-state index >= 15 is 0 Å². The molecule has 2 aliphatic rings. The van der Waals surface area contributed by atoms with Crippen molar-refractivity contribution in [3.05, 3.63) is 0 Å². The van der Waals surface area contributed by atoms with Crippen molar-refractivity contribution in [2.45, 2.75) is 57.9 Å². The first-order chi connectivity index (χ1) is 8.33. The maximum atomic E-state index is 5.64. The summed E-state index contributed by atoms with van der Waals surface area (Å²) < 4.78 is 0. The molecule has 3 N–H and O–H groups in total. The highest BCUT2D eigenvalue weighted by molar-refractivity contribution is 5.79. The Morgan fingerprint density at radius 2 is 1.94 bits per heavy atom. The minimum atomic E-state index is 0.489. The van der Waals surface area contributed by atoms with Crippen molar-refractivity contribution in [2.75, 3.05) is 13.1 Å². The summed E-state index contributed by atoms with van der Waals surface area (Å²) in [4.78, 5) is 7.11. The Kier molecular flexibility index (Phi) is 4.66. The fraction of sp³-hybridized carbons (Fsp3) is 0.923. The molecule has 0 heterocycles. The highest BCUT2D eigenvalue weighted by Crippen LogP contribution is 2.29. The summed E-state index contributed by atoms with van der Waals surface area (Å²) in [6, 6.07) is 0.489. The van der Waals surface area contributed by atoms with Crippen molar-refractivity contribution < 1.29 is 0 Å². The first-order valence-electron chi connectivity index (χ1n) is 7.12. The summed E-state index contributed by atoms with van der Waals surface area (Å²) in [7, 11) is 0. The summed E-state index contributed by atoms with van der Waals surface area (Å²) in [6.07, 6.45) is 9.21. The highest BCUT2D eigenvalue weighted by Gasteiger charge is 2.25. The zero-order valence-electron chi connectivity index (χ0n) is 11.0. The number of guanidine groups is 1. The van der Waals surface area contributed by atoms with Gasteiger partial charge in [-0.15, -0.1) is 0 Å². The number of nitrogens with zero attached hydrogens (tertiary/aromatic N) is 2. The van der Waals surface area contributed by atoms with Crippen LogP contribution < -0.4 is 11.3 Å². The molecular weight excluding hydrogens is 212 g/mol. The van der Waals surface area contributed by atoms with Crippen LogP contribution in [-0.4, -0.2) is 30.0 Å². The first-order valence-corrected chi connectivity index (χ1v) is 7.12. The van der Waals surface area contributed by atoms with Crippen LogP contribution in [0.5, 0.6) is 0 Å². The third kappa shape index (κ3) is 3.87. The van der Waals surface area contributed by atoms with Gasteiger partial charge in [0.15, 0.2) is 0 Å². The monoisotopic (exact) mass is 238 g/mol. The van der Waals surface area contributed by atoms with E-state index in [1.807, 2.05) is 0 Å². The SMILES string of the molecule is CCN(CC1CC1)C(=NC1CCCCC1)NN. The number of nitrogens with one attached hydrogen (secondary N) is 1. The normalized spacial score (nSPS) is 22.6. The molecule has 0 saturated heterocycles. The summed E-state index contributed by atoms with van der Waals surface area (Å²) in [5.74, 6) is 7.42. The zero-order valence-corrected chi connectivity index (χ0v) is 11.0. The van der Waals surface area contributed by atoms with Gasteiger partial charge in [-0.25, -0.2) is 10.8 Å². The van der Waals surface area contributed by atoms with E-state index in [1.165, 1.54) is 44.9 Å². The molecule has 0 aromatic heterocycles. The molecule has 0 bridgehead atoms. The van der Waals surface area contributed by atoms with Crippen LogP contribution in [0.1, 0.15) is 51.9 Å². The summed E-state index contributed by atoms with van der Waals surface area (Å²) in [6.45, 7) is 4.29. The van der Waals surface area contributed by atoms with Gasteiger partial charge in [-0.05, 0) is 38.5 Å². The van der Waals surface area contributed by atoms with Crippen LogP contribution in [0.2, 0.25) is 0 Å². The van der Waals surface area contributed by atoms with E-state index in [0.29, 0.717) is 6.04 Å². The molecule has 0 aromatic carbocycles. The lowest BCUT2D eigenvalue weighted by atomic mass is 9.96. The fourth-order valence-electron chi connectivity index (χ4n) is 2.57. The van der Waals surface area contributed by atoms with E-state index in [0.717, 1.165) is 25.0 Å². The molecule has 4 heteroatoms. The van der Waals surface area contributed by atoms with Gasteiger partial charge in [0.25, 0.3) is 0 Å². The van der Waals surface area contributed by atoms with Crippen LogP contribution in [0.15, 0.2) is 4.99 Å². The predicted octanol–water partition coefficient (Wildman–Crippen LogP) is 1.87. The molecule has 0 spiro atoms. The quantitative estimate of drug-likeness (QED) is 0.340. The second-order valence-corrected chi connectivity index (χ2v) is 5.37. The molecule has 0 amide bonds. The molecule has 4 nitrogen and oxygen atoms in total. The van der Waals surface area contributed by atoms with Gasteiger partial charge in [-0.2, -0.15) is 0 Å². The lowest BCUT2D eigenvalue weighted by molar-refractivity contribution is 0.388. The van der Waals surface area contributed by atoms with Gasteiger partial charge in [0.2, 0.25) is 5.96 Å². The van der Waals surface area contributed by atoms with Crippen LogP contribution in [0.4, 0.5) is 0 Å². The molecule has 2 rings (SSSR count). The molecule has 2 saturated carbocycles. The maximum absolute atomic E-state index is 5.64. The molecule has 17 heavy (non-hydrogen) atoms. The summed E-state index contributed by atoms with van der Waals surface area (Å²) in [5, 5.41) is 0. The van der Waals surface area contributed by atoms with E-state index < -0.39 is 0 Å². The molecule has 0 aromatic rings. The maximum Gasteiger partial charge on any atom is 0.208 e. The third-order valence-corrected chi connectivity index (χ3v) is 3.87. The molecular formula is C13H26N4. The molecule has 2 aliphatic carbocycles. The number of hydrogen-bond donors (Lipinski definition) is 2. The van der Waals surface area contributed by atoms with Crippen LogP contribution in [0, 0.1) is 5.92 Å². The minimum absolute atomic E-state index is 0.489. The highest BCUT2D eigenvalue weighted by atomic mass is 15.4. The third-order valence-electron chi connectivity index (χ3n) is 3.87. The van der Waals surface area contributed by atoms with Gasteiger partial charge in [-0.3, -0.25) is 5.43 Å². The lowest BCUT2D eigenvalue weighted by Gasteiger charge is -2.26. The zero-order chi connectivity index (χ0) is 12.1. The molecule has 0 unspecified atom stereocenters. The topological polar surface area (TPSA) is 53.6 Å². The van der Waals surface area contributed by atoms with E-state index in [2.05, 4.69) is 17.2 Å².